The maximum absolute atomic E-state index is 13.3. The predicted molar refractivity (Wildman–Crippen MR) is 68.3 cm³/mol. The first kappa shape index (κ1) is 14.2. The van der Waals surface area contributed by atoms with Crippen molar-refractivity contribution in [1.29, 1.82) is 0 Å². The number of morpholine rings is 1. The zero-order chi connectivity index (χ0) is 14.5. The van der Waals surface area contributed by atoms with Crippen LogP contribution in [0, 0.1) is 17.7 Å². The topological polar surface area (TPSA) is 66.8 Å². The normalized spacial score (nSPS) is 15.0. The van der Waals surface area contributed by atoms with Crippen molar-refractivity contribution in [3.8, 4) is 11.8 Å². The van der Waals surface area contributed by atoms with Crippen molar-refractivity contribution >= 4 is 17.5 Å². The van der Waals surface area contributed by atoms with Gasteiger partial charge in [-0.15, -0.1) is 0 Å². The van der Waals surface area contributed by atoms with E-state index in [4.69, 9.17) is 9.84 Å². The molecule has 1 saturated heterocycles. The SMILES string of the molecule is O=C1COCC(=O)N1c1ccc(F)cc1C#CCCO. The maximum Gasteiger partial charge on any atom is 0.259 e. The smallest absolute Gasteiger partial charge is 0.259 e. The molecule has 2 amide bonds. The molecule has 0 spiro atoms. The lowest BCUT2D eigenvalue weighted by Gasteiger charge is -2.25. The number of hydrogen-bond acceptors (Lipinski definition) is 4. The number of carbonyl (C=O) groups is 2. The van der Waals surface area contributed by atoms with Crippen molar-refractivity contribution in [2.75, 3.05) is 24.7 Å². The van der Waals surface area contributed by atoms with Gasteiger partial charge in [0.15, 0.2) is 0 Å². The summed E-state index contributed by atoms with van der Waals surface area (Å²) >= 11 is 0. The highest BCUT2D eigenvalue weighted by molar-refractivity contribution is 6.17. The number of imide groups is 1. The van der Waals surface area contributed by atoms with Crippen LogP contribution in [0.5, 0.6) is 0 Å². The summed E-state index contributed by atoms with van der Waals surface area (Å²) in [5.74, 6) is 3.75. The molecule has 2 rings (SSSR count). The Hall–Kier alpha value is -2.23. The van der Waals surface area contributed by atoms with Crippen molar-refractivity contribution in [2.45, 2.75) is 6.42 Å². The molecule has 5 nitrogen and oxygen atoms in total. The Labute approximate surface area is 115 Å². The van der Waals surface area contributed by atoms with Gasteiger partial charge in [-0.05, 0) is 18.2 Å². The molecular formula is C14H12FNO4. The fourth-order valence-corrected chi connectivity index (χ4v) is 1.78. The van der Waals surface area contributed by atoms with Gasteiger partial charge in [0.2, 0.25) is 0 Å². The van der Waals surface area contributed by atoms with Gasteiger partial charge in [-0.3, -0.25) is 9.59 Å². The maximum atomic E-state index is 13.3. The summed E-state index contributed by atoms with van der Waals surface area (Å²) in [6.45, 7) is -0.522. The Morgan fingerprint density at radius 1 is 1.30 bits per heavy atom. The molecule has 0 unspecified atom stereocenters. The highest BCUT2D eigenvalue weighted by Gasteiger charge is 2.29. The minimum atomic E-state index is -0.518. The first-order chi connectivity index (χ1) is 9.63. The number of aliphatic hydroxyl groups is 1. The Morgan fingerprint density at radius 3 is 2.65 bits per heavy atom. The number of amides is 2. The standard InChI is InChI=1S/C14H12FNO4/c15-11-4-5-12(10(7-11)3-1-2-6-17)16-13(18)8-20-9-14(16)19/h4-5,7,17H,2,6,8-9H2. The highest BCUT2D eigenvalue weighted by atomic mass is 19.1. The van der Waals surface area contributed by atoms with Crippen LogP contribution in [-0.2, 0) is 14.3 Å². The van der Waals surface area contributed by atoms with E-state index in [1.54, 1.807) is 0 Å². The van der Waals surface area contributed by atoms with E-state index in [0.29, 0.717) is 0 Å². The molecule has 1 aliphatic heterocycles. The van der Waals surface area contributed by atoms with E-state index in [9.17, 15) is 14.0 Å². The monoisotopic (exact) mass is 277 g/mol. The van der Waals surface area contributed by atoms with E-state index in [0.717, 1.165) is 17.0 Å². The van der Waals surface area contributed by atoms with Crippen LogP contribution < -0.4 is 4.90 Å². The summed E-state index contributed by atoms with van der Waals surface area (Å²) in [4.78, 5) is 24.5. The van der Waals surface area contributed by atoms with Gasteiger partial charge in [-0.25, -0.2) is 9.29 Å². The lowest BCUT2D eigenvalue weighted by atomic mass is 10.1. The number of ether oxygens (including phenoxy) is 1. The van der Waals surface area contributed by atoms with E-state index in [-0.39, 0.29) is 37.5 Å². The fraction of sp³-hybridized carbons (Fsp3) is 0.286. The highest BCUT2D eigenvalue weighted by Crippen LogP contribution is 2.23. The number of hydrogen-bond donors (Lipinski definition) is 1. The molecule has 0 radical (unpaired) electrons. The number of carbonyl (C=O) groups excluding carboxylic acids is 2. The molecule has 0 bridgehead atoms. The van der Waals surface area contributed by atoms with Gasteiger partial charge in [-0.2, -0.15) is 0 Å². The minimum Gasteiger partial charge on any atom is -0.395 e. The Kier molecular flexibility index (Phi) is 4.45. The van der Waals surface area contributed by atoms with Crippen molar-refractivity contribution in [3.05, 3.63) is 29.6 Å². The van der Waals surface area contributed by atoms with Crippen molar-refractivity contribution < 1.29 is 23.8 Å². The third kappa shape index (κ3) is 3.02. The lowest BCUT2D eigenvalue weighted by molar-refractivity contribution is -0.138. The second-order valence-electron chi connectivity index (χ2n) is 4.05. The number of halogens is 1. The summed E-state index contributed by atoms with van der Waals surface area (Å²) < 4.78 is 18.1. The first-order valence-electron chi connectivity index (χ1n) is 5.96. The zero-order valence-electron chi connectivity index (χ0n) is 10.6. The van der Waals surface area contributed by atoms with Gasteiger partial charge in [0.1, 0.15) is 19.0 Å². The molecule has 104 valence electrons. The van der Waals surface area contributed by atoms with Gasteiger partial charge in [-0.1, -0.05) is 11.8 Å². The van der Waals surface area contributed by atoms with Crippen LogP contribution in [0.15, 0.2) is 18.2 Å². The van der Waals surface area contributed by atoms with Crippen LogP contribution in [0.3, 0.4) is 0 Å². The third-order valence-electron chi connectivity index (χ3n) is 2.61. The Balaban J connectivity index is 2.42. The third-order valence-corrected chi connectivity index (χ3v) is 2.61. The zero-order valence-corrected chi connectivity index (χ0v) is 10.6. The predicted octanol–water partition coefficient (Wildman–Crippen LogP) is 0.449. The van der Waals surface area contributed by atoms with E-state index < -0.39 is 17.6 Å². The molecule has 1 heterocycles. The van der Waals surface area contributed by atoms with E-state index in [2.05, 4.69) is 11.8 Å². The number of nitrogens with zero attached hydrogens (tertiary/aromatic N) is 1. The lowest BCUT2D eigenvalue weighted by Crippen LogP contribution is -2.46. The number of aliphatic hydroxyl groups excluding tert-OH is 1. The largest absolute Gasteiger partial charge is 0.395 e. The van der Waals surface area contributed by atoms with Crippen LogP contribution in [-0.4, -0.2) is 36.7 Å². The Bertz CT molecular complexity index is 587. The molecule has 1 N–H and O–H groups in total. The first-order valence-corrected chi connectivity index (χ1v) is 5.96. The van der Waals surface area contributed by atoms with Crippen LogP contribution in [0.2, 0.25) is 0 Å². The van der Waals surface area contributed by atoms with Crippen molar-refractivity contribution in [1.82, 2.24) is 0 Å². The summed E-state index contributed by atoms with van der Waals surface area (Å²) in [6, 6.07) is 3.64. The number of rotatable bonds is 2. The van der Waals surface area contributed by atoms with Gasteiger partial charge in [0, 0.05) is 6.42 Å². The molecule has 0 atom stereocenters. The van der Waals surface area contributed by atoms with E-state index >= 15 is 0 Å². The summed E-state index contributed by atoms with van der Waals surface area (Å²) in [7, 11) is 0. The van der Waals surface area contributed by atoms with Gasteiger partial charge >= 0.3 is 0 Å². The average Bonchev–Trinajstić information content (AvgIpc) is 2.41. The van der Waals surface area contributed by atoms with Crippen molar-refractivity contribution in [3.63, 3.8) is 0 Å². The van der Waals surface area contributed by atoms with Crippen LogP contribution >= 0.6 is 0 Å². The molecule has 1 aliphatic rings. The molecule has 0 aliphatic carbocycles. The molecule has 20 heavy (non-hydrogen) atoms. The summed E-state index contributed by atoms with van der Waals surface area (Å²) in [5, 5.41) is 8.69. The molecule has 1 aromatic rings. The molecule has 1 fully saturated rings. The fourth-order valence-electron chi connectivity index (χ4n) is 1.78. The van der Waals surface area contributed by atoms with E-state index in [1.807, 2.05) is 0 Å². The summed E-state index contributed by atoms with van der Waals surface area (Å²) in [6.07, 6.45) is 0.223. The quantitative estimate of drug-likeness (QED) is 0.629. The molecule has 0 aromatic heterocycles. The van der Waals surface area contributed by atoms with Crippen molar-refractivity contribution in [2.24, 2.45) is 0 Å². The van der Waals surface area contributed by atoms with Crippen LogP contribution in [0.25, 0.3) is 0 Å². The van der Waals surface area contributed by atoms with Crippen LogP contribution in [0.1, 0.15) is 12.0 Å². The molecule has 0 saturated carbocycles. The second kappa shape index (κ2) is 6.28. The average molecular weight is 277 g/mol. The summed E-state index contributed by atoms with van der Waals surface area (Å²) in [5.41, 5.74) is 0.456. The van der Waals surface area contributed by atoms with Gasteiger partial charge in [0.05, 0.1) is 17.9 Å². The molecule has 6 heteroatoms. The molecular weight excluding hydrogens is 265 g/mol. The Morgan fingerprint density at radius 2 is 2.00 bits per heavy atom. The number of anilines is 1. The van der Waals surface area contributed by atoms with Gasteiger partial charge < -0.3 is 9.84 Å². The van der Waals surface area contributed by atoms with E-state index in [1.165, 1.54) is 6.07 Å². The number of benzene rings is 1. The minimum absolute atomic E-state index is 0.118. The second-order valence-corrected chi connectivity index (χ2v) is 4.05. The molecule has 1 aromatic carbocycles. The van der Waals surface area contributed by atoms with Crippen LogP contribution in [0.4, 0.5) is 10.1 Å². The van der Waals surface area contributed by atoms with Gasteiger partial charge in [0.25, 0.3) is 11.8 Å².